The minimum Gasteiger partial charge on any atom is -0.323 e. The summed E-state index contributed by atoms with van der Waals surface area (Å²) in [7, 11) is 2.19. The van der Waals surface area contributed by atoms with Crippen molar-refractivity contribution in [3.05, 3.63) is 34.9 Å². The molecule has 1 aromatic carbocycles. The molecule has 1 saturated carbocycles. The van der Waals surface area contributed by atoms with Gasteiger partial charge < -0.3 is 10.6 Å². The summed E-state index contributed by atoms with van der Waals surface area (Å²) in [4.78, 5) is 2.39. The molecule has 1 fully saturated rings. The topological polar surface area (TPSA) is 29.3 Å². The maximum absolute atomic E-state index is 6.32. The van der Waals surface area contributed by atoms with E-state index in [9.17, 15) is 0 Å². The molecule has 1 aliphatic rings. The molecule has 3 atom stereocenters. The van der Waals surface area contributed by atoms with Gasteiger partial charge in [0, 0.05) is 19.1 Å². The maximum Gasteiger partial charge on any atom is 0.0424 e. The molecule has 0 aromatic heterocycles. The number of nitrogens with two attached hydrogens (primary N) is 1. The summed E-state index contributed by atoms with van der Waals surface area (Å²) in [5, 5.41) is 0. The third-order valence-electron chi connectivity index (χ3n) is 4.00. The van der Waals surface area contributed by atoms with Gasteiger partial charge in [-0.3, -0.25) is 0 Å². The lowest BCUT2D eigenvalue weighted by Gasteiger charge is -2.22. The van der Waals surface area contributed by atoms with Crippen molar-refractivity contribution in [3.63, 3.8) is 0 Å². The molecule has 1 aromatic rings. The van der Waals surface area contributed by atoms with Gasteiger partial charge in [-0.2, -0.15) is 0 Å². The summed E-state index contributed by atoms with van der Waals surface area (Å²) >= 11 is 0. The molecule has 2 N–H and O–H groups in total. The minimum atomic E-state index is 0.127. The van der Waals surface area contributed by atoms with Gasteiger partial charge in [0.05, 0.1) is 0 Å². The van der Waals surface area contributed by atoms with Crippen LogP contribution in [-0.4, -0.2) is 25.0 Å². The molecule has 2 rings (SSSR count). The molecule has 0 heterocycles. The van der Waals surface area contributed by atoms with Crippen LogP contribution in [0.2, 0.25) is 0 Å². The van der Waals surface area contributed by atoms with Crippen LogP contribution in [0.4, 0.5) is 0 Å². The van der Waals surface area contributed by atoms with E-state index in [0.717, 1.165) is 18.4 Å². The summed E-state index contributed by atoms with van der Waals surface area (Å²) in [6.45, 7) is 8.76. The Morgan fingerprint density at radius 2 is 1.83 bits per heavy atom. The van der Waals surface area contributed by atoms with Gasteiger partial charge in [-0.15, -0.1) is 0 Å². The van der Waals surface area contributed by atoms with Crippen LogP contribution in [0, 0.1) is 25.7 Å². The summed E-state index contributed by atoms with van der Waals surface area (Å²) in [5.41, 5.74) is 10.2. The maximum atomic E-state index is 6.32. The standard InChI is InChI=1S/C16H26N2/c1-11-5-12(2)7-14(6-11)16(17)10-18(4)9-15-8-13(15)3/h5-7,13,15-16H,8-10,17H2,1-4H3. The molecule has 18 heavy (non-hydrogen) atoms. The fraction of sp³-hybridized carbons (Fsp3) is 0.625. The first kappa shape index (κ1) is 13.6. The molecule has 2 nitrogen and oxygen atoms in total. The van der Waals surface area contributed by atoms with Crippen LogP contribution in [0.3, 0.4) is 0 Å². The second-order valence-electron chi connectivity index (χ2n) is 6.22. The number of aryl methyl sites for hydroxylation is 2. The third-order valence-corrected chi connectivity index (χ3v) is 4.00. The normalized spacial score (nSPS) is 24.3. The van der Waals surface area contributed by atoms with Crippen LogP contribution in [0.1, 0.15) is 36.1 Å². The van der Waals surface area contributed by atoms with Gasteiger partial charge >= 0.3 is 0 Å². The number of likely N-dealkylation sites (N-methyl/N-ethyl adjacent to an activating group) is 1. The Hall–Kier alpha value is -0.860. The van der Waals surface area contributed by atoms with E-state index in [2.05, 4.69) is 50.9 Å². The Balaban J connectivity index is 1.91. The lowest BCUT2D eigenvalue weighted by Crippen LogP contribution is -2.30. The summed E-state index contributed by atoms with van der Waals surface area (Å²) in [6.07, 6.45) is 1.39. The number of rotatable bonds is 5. The molecule has 0 spiro atoms. The Kier molecular flexibility index (Phi) is 4.08. The van der Waals surface area contributed by atoms with E-state index < -0.39 is 0 Å². The molecule has 0 radical (unpaired) electrons. The highest BCUT2D eigenvalue weighted by Gasteiger charge is 2.33. The fourth-order valence-electron chi connectivity index (χ4n) is 2.79. The molecule has 100 valence electrons. The number of hydrogen-bond acceptors (Lipinski definition) is 2. The molecule has 0 saturated heterocycles. The third kappa shape index (κ3) is 3.56. The van der Waals surface area contributed by atoms with Gasteiger partial charge in [-0.05, 0) is 44.7 Å². The molecule has 3 unspecified atom stereocenters. The van der Waals surface area contributed by atoms with Crippen LogP contribution in [-0.2, 0) is 0 Å². The smallest absolute Gasteiger partial charge is 0.0424 e. The monoisotopic (exact) mass is 246 g/mol. The Morgan fingerprint density at radius 3 is 2.33 bits per heavy atom. The number of hydrogen-bond donors (Lipinski definition) is 1. The van der Waals surface area contributed by atoms with Gasteiger partial charge in [-0.1, -0.05) is 36.2 Å². The highest BCUT2D eigenvalue weighted by molar-refractivity contribution is 5.30. The molecular weight excluding hydrogens is 220 g/mol. The van der Waals surface area contributed by atoms with Gasteiger partial charge in [0.15, 0.2) is 0 Å². The van der Waals surface area contributed by atoms with Crippen LogP contribution in [0.5, 0.6) is 0 Å². The molecule has 1 aliphatic carbocycles. The van der Waals surface area contributed by atoms with Crippen molar-refractivity contribution in [2.24, 2.45) is 17.6 Å². The second-order valence-corrected chi connectivity index (χ2v) is 6.22. The Labute approximate surface area is 111 Å². The Morgan fingerprint density at radius 1 is 1.28 bits per heavy atom. The quantitative estimate of drug-likeness (QED) is 0.865. The predicted molar refractivity (Wildman–Crippen MR) is 77.6 cm³/mol. The van der Waals surface area contributed by atoms with E-state index in [4.69, 9.17) is 5.73 Å². The average Bonchev–Trinajstić information content (AvgIpc) is 2.92. The lowest BCUT2D eigenvalue weighted by molar-refractivity contribution is 0.296. The van der Waals surface area contributed by atoms with Crippen molar-refractivity contribution in [2.75, 3.05) is 20.1 Å². The van der Waals surface area contributed by atoms with Crippen molar-refractivity contribution in [3.8, 4) is 0 Å². The summed E-state index contributed by atoms with van der Waals surface area (Å²) in [6, 6.07) is 6.75. The summed E-state index contributed by atoms with van der Waals surface area (Å²) < 4.78 is 0. The van der Waals surface area contributed by atoms with Crippen molar-refractivity contribution in [1.82, 2.24) is 4.90 Å². The molecule has 2 heteroatoms. The highest BCUT2D eigenvalue weighted by Crippen LogP contribution is 2.38. The summed E-state index contributed by atoms with van der Waals surface area (Å²) in [5.74, 6) is 1.83. The minimum absolute atomic E-state index is 0.127. The first-order chi connectivity index (χ1) is 8.45. The van der Waals surface area contributed by atoms with E-state index >= 15 is 0 Å². The van der Waals surface area contributed by atoms with Crippen molar-refractivity contribution in [2.45, 2.75) is 33.2 Å². The SMILES string of the molecule is Cc1cc(C)cc(C(N)CN(C)CC2CC2C)c1. The molecule has 0 bridgehead atoms. The number of nitrogens with zero attached hydrogens (tertiary/aromatic N) is 1. The van der Waals surface area contributed by atoms with Gasteiger partial charge in [0.25, 0.3) is 0 Å². The lowest BCUT2D eigenvalue weighted by atomic mass is 10.0. The zero-order chi connectivity index (χ0) is 13.3. The van der Waals surface area contributed by atoms with Gasteiger partial charge in [0.1, 0.15) is 0 Å². The van der Waals surface area contributed by atoms with E-state index in [1.54, 1.807) is 0 Å². The van der Waals surface area contributed by atoms with Crippen LogP contribution < -0.4 is 5.73 Å². The van der Waals surface area contributed by atoms with Crippen molar-refractivity contribution < 1.29 is 0 Å². The predicted octanol–water partition coefficient (Wildman–Crippen LogP) is 2.89. The van der Waals surface area contributed by atoms with E-state index in [1.807, 2.05) is 0 Å². The van der Waals surface area contributed by atoms with E-state index in [-0.39, 0.29) is 6.04 Å². The first-order valence-electron chi connectivity index (χ1n) is 6.98. The van der Waals surface area contributed by atoms with Crippen LogP contribution >= 0.6 is 0 Å². The van der Waals surface area contributed by atoms with Crippen molar-refractivity contribution in [1.29, 1.82) is 0 Å². The first-order valence-corrected chi connectivity index (χ1v) is 6.98. The van der Waals surface area contributed by atoms with Crippen LogP contribution in [0.15, 0.2) is 18.2 Å². The van der Waals surface area contributed by atoms with E-state index in [0.29, 0.717) is 0 Å². The Bertz CT molecular complexity index is 393. The molecule has 0 aliphatic heterocycles. The van der Waals surface area contributed by atoms with Crippen LogP contribution in [0.25, 0.3) is 0 Å². The van der Waals surface area contributed by atoms with Gasteiger partial charge in [0.2, 0.25) is 0 Å². The zero-order valence-electron chi connectivity index (χ0n) is 12.1. The van der Waals surface area contributed by atoms with E-state index in [1.165, 1.54) is 29.7 Å². The second kappa shape index (κ2) is 5.41. The fourth-order valence-corrected chi connectivity index (χ4v) is 2.79. The largest absolute Gasteiger partial charge is 0.323 e. The number of benzene rings is 1. The average molecular weight is 246 g/mol. The van der Waals surface area contributed by atoms with Crippen molar-refractivity contribution >= 4 is 0 Å². The van der Waals surface area contributed by atoms with Gasteiger partial charge in [-0.25, -0.2) is 0 Å². The highest BCUT2D eigenvalue weighted by atomic mass is 15.1. The molecular formula is C16H26N2. The molecule has 0 amide bonds. The zero-order valence-corrected chi connectivity index (χ0v) is 12.1.